The van der Waals surface area contributed by atoms with Crippen molar-refractivity contribution in [2.45, 2.75) is 80.4 Å². The van der Waals surface area contributed by atoms with Crippen LogP contribution in [0.4, 0.5) is 0 Å². The number of hydrogen-bond donors (Lipinski definition) is 0. The molecule has 0 saturated carbocycles. The minimum absolute atomic E-state index is 0.0133. The Hall–Kier alpha value is -2.87. The van der Waals surface area contributed by atoms with Gasteiger partial charge in [-0.15, -0.1) is 0 Å². The third kappa shape index (κ3) is 20.1. The molecule has 0 aliphatic heterocycles. The summed E-state index contributed by atoms with van der Waals surface area (Å²) in [5.74, 6) is 1.80. The number of halogens is 4. The predicted molar refractivity (Wildman–Crippen MR) is 211 cm³/mol. The van der Waals surface area contributed by atoms with Crippen LogP contribution in [0, 0.1) is 13.8 Å². The molecular weight excluding hydrogens is 757 g/mol. The maximum atomic E-state index is 11.2. The quantitative estimate of drug-likeness (QED) is 0.131. The van der Waals surface area contributed by atoms with E-state index < -0.39 is 19.3 Å². The van der Waals surface area contributed by atoms with Crippen LogP contribution in [0.3, 0.4) is 0 Å². The molecule has 3 rings (SSSR count). The van der Waals surface area contributed by atoms with Crippen LogP contribution in [-0.4, -0.2) is 61.9 Å². The van der Waals surface area contributed by atoms with E-state index in [1.165, 1.54) is 27.9 Å². The van der Waals surface area contributed by atoms with Crippen molar-refractivity contribution >= 4 is 76.7 Å². The molecule has 13 heteroatoms. The molecule has 0 fully saturated rings. The minimum Gasteiger partial charge on any atom is -0.494 e. The van der Waals surface area contributed by atoms with Gasteiger partial charge >= 0.3 is 0 Å². The highest BCUT2D eigenvalue weighted by atomic mass is 35.5. The van der Waals surface area contributed by atoms with Gasteiger partial charge in [0.2, 0.25) is 0 Å². The summed E-state index contributed by atoms with van der Waals surface area (Å²) in [4.78, 5) is 43.6. The minimum atomic E-state index is -1.87. The third-order valence-corrected chi connectivity index (χ3v) is 9.34. The molecule has 0 aliphatic carbocycles. The first-order chi connectivity index (χ1) is 23.5. The number of rotatable bonds is 12. The van der Waals surface area contributed by atoms with Crippen molar-refractivity contribution in [2.24, 2.45) is 0 Å². The summed E-state index contributed by atoms with van der Waals surface area (Å²) in [5.41, 5.74) is 2.20. The van der Waals surface area contributed by atoms with Crippen LogP contribution in [0.5, 0.6) is 17.2 Å². The lowest BCUT2D eigenvalue weighted by molar-refractivity contribution is -0.123. The highest BCUT2D eigenvalue weighted by molar-refractivity contribution is 7.62. The van der Waals surface area contributed by atoms with Crippen LogP contribution in [0.15, 0.2) is 48.5 Å². The van der Waals surface area contributed by atoms with Gasteiger partial charge in [0.15, 0.2) is 29.6 Å². The van der Waals surface area contributed by atoms with Gasteiger partial charge in [-0.1, -0.05) is 46.4 Å². The number of hydrogen-bond acceptors (Lipinski definition) is 8. The molecule has 0 N–H and O–H groups in total. The Morgan fingerprint density at radius 2 is 1.12 bits per heavy atom. The molecule has 0 saturated heterocycles. The Morgan fingerprint density at radius 3 is 1.41 bits per heavy atom. The number of ether oxygens (including phenoxy) is 3. The molecule has 0 amide bonds. The highest BCUT2D eigenvalue weighted by Crippen LogP contribution is 2.36. The van der Waals surface area contributed by atoms with E-state index in [4.69, 9.17) is 60.6 Å². The van der Waals surface area contributed by atoms with Gasteiger partial charge in [-0.3, -0.25) is 14.4 Å². The summed E-state index contributed by atoms with van der Waals surface area (Å²) in [6.45, 7) is 16.8. The summed E-state index contributed by atoms with van der Waals surface area (Å²) in [6.07, 6.45) is 1.24. The predicted octanol–water partition coefficient (Wildman–Crippen LogP) is 11.2. The molecule has 0 radical (unpaired) electrons. The number of aryl methyl sites for hydroxylation is 2. The molecule has 0 aromatic heterocycles. The van der Waals surface area contributed by atoms with Gasteiger partial charge in [0.25, 0.3) is 0 Å². The number of methoxy groups -OCH3 is 1. The molecule has 282 valence electrons. The van der Waals surface area contributed by atoms with E-state index >= 15 is 0 Å². The fourth-order valence-electron chi connectivity index (χ4n) is 3.81. The molecule has 0 bridgehead atoms. The van der Waals surface area contributed by atoms with Gasteiger partial charge < -0.3 is 23.6 Å². The molecule has 0 heterocycles. The van der Waals surface area contributed by atoms with Crippen molar-refractivity contribution in [3.05, 3.63) is 85.3 Å². The number of Topliss-reactive ketones (excluding diaryl/α,β-unsaturated/α-hetero) is 4. The lowest BCUT2D eigenvalue weighted by atomic mass is 10.1. The van der Waals surface area contributed by atoms with Crippen molar-refractivity contribution in [3.63, 3.8) is 0 Å². The van der Waals surface area contributed by atoms with Crippen LogP contribution >= 0.6 is 53.5 Å². The molecule has 2 atom stereocenters. The van der Waals surface area contributed by atoms with Crippen LogP contribution in [-0.2, 0) is 18.9 Å². The smallest absolute Gasteiger partial charge is 0.169 e. The average Bonchev–Trinajstić information content (AvgIpc) is 3.00. The van der Waals surface area contributed by atoms with Crippen LogP contribution < -0.4 is 14.2 Å². The van der Waals surface area contributed by atoms with Crippen molar-refractivity contribution in [1.82, 2.24) is 0 Å². The number of carbonyl (C=O) groups is 4. The van der Waals surface area contributed by atoms with E-state index in [-0.39, 0.29) is 23.1 Å². The lowest BCUT2D eigenvalue weighted by Crippen LogP contribution is -2.20. The summed E-state index contributed by atoms with van der Waals surface area (Å²) in [7, 11) is -0.426. The van der Waals surface area contributed by atoms with Crippen molar-refractivity contribution in [1.29, 1.82) is 0 Å². The van der Waals surface area contributed by atoms with E-state index in [9.17, 15) is 23.7 Å². The second-order valence-electron chi connectivity index (χ2n) is 12.2. The largest absolute Gasteiger partial charge is 0.494 e. The monoisotopic (exact) mass is 804 g/mol. The maximum absolute atomic E-state index is 11.2. The Bertz CT molecular complexity index is 1620. The van der Waals surface area contributed by atoms with Crippen molar-refractivity contribution in [3.8, 4) is 17.2 Å². The Kier molecular flexibility index (Phi) is 22.3. The molecule has 3 aromatic rings. The molecule has 3 aromatic carbocycles. The van der Waals surface area contributed by atoms with Gasteiger partial charge in [-0.05, 0) is 135 Å². The van der Waals surface area contributed by atoms with Crippen LogP contribution in [0.2, 0.25) is 20.1 Å². The van der Waals surface area contributed by atoms with E-state index in [1.807, 2.05) is 26.0 Å². The van der Waals surface area contributed by atoms with Crippen molar-refractivity contribution < 1.29 is 38.0 Å². The average molecular weight is 807 g/mol. The van der Waals surface area contributed by atoms with Gasteiger partial charge in [0.05, 0.1) is 29.9 Å². The van der Waals surface area contributed by atoms with E-state index in [0.717, 1.165) is 17.5 Å². The first kappa shape index (κ1) is 48.1. The normalized spacial score (nSPS) is 11.5. The van der Waals surface area contributed by atoms with Crippen molar-refractivity contribution in [2.75, 3.05) is 26.6 Å². The Morgan fingerprint density at radius 1 is 0.706 bits per heavy atom. The van der Waals surface area contributed by atoms with E-state index in [2.05, 4.69) is 0 Å². The zero-order chi connectivity index (χ0) is 39.6. The van der Waals surface area contributed by atoms with Crippen LogP contribution in [0.1, 0.15) is 75.9 Å². The summed E-state index contributed by atoms with van der Waals surface area (Å²) in [6, 6.07) is 13.8. The molecule has 8 nitrogen and oxygen atoms in total. The summed E-state index contributed by atoms with van der Waals surface area (Å²) in [5, 5.41) is 2.08. The SMILES string of the molecule is CC(=O)C(C)Oc1ccc(Cl)cc1C.CC(=O)CCCP(C)(C)=O.CC(=O)[C@@H](C)Oc1ccc(Cl)cc1C.COc1c(Cl)ccc(Cl)c1C(C)=O. The van der Waals surface area contributed by atoms with Gasteiger partial charge in [-0.2, -0.15) is 0 Å². The maximum Gasteiger partial charge on any atom is 0.169 e. The second-order valence-corrected chi connectivity index (χ2v) is 17.4. The standard InChI is InChI=1S/2C11H13ClO2.C9H8Cl2O2.C7H15O2P/c2*1-7-6-10(12)4-5-11(7)14-9(3)8(2)13;1-5(12)8-6(10)3-4-7(11)9(8)13-2;1-7(8)5-4-6-10(2,3)9/h2*4-6,9H,1-3H3;3-4H,1-2H3;4-6H2,1-3H3/t9-;;;/m1.../s1. The second kappa shape index (κ2) is 23.6. The molecule has 1 unspecified atom stereocenters. The first-order valence-electron chi connectivity index (χ1n) is 15.9. The number of benzene rings is 3. The van der Waals surface area contributed by atoms with E-state index in [0.29, 0.717) is 55.5 Å². The Balaban J connectivity index is 0.000000659. The van der Waals surface area contributed by atoms with Gasteiger partial charge in [0.1, 0.15) is 23.0 Å². The topological polar surface area (TPSA) is 113 Å². The zero-order valence-electron chi connectivity index (χ0n) is 31.1. The number of ketones is 4. The summed E-state index contributed by atoms with van der Waals surface area (Å²) < 4.78 is 27.0. The first-order valence-corrected chi connectivity index (χ1v) is 20.2. The molecule has 0 aliphatic rings. The molecule has 51 heavy (non-hydrogen) atoms. The highest BCUT2D eigenvalue weighted by Gasteiger charge is 2.16. The lowest BCUT2D eigenvalue weighted by Gasteiger charge is -2.13. The fourth-order valence-corrected chi connectivity index (χ4v) is 5.70. The third-order valence-electron chi connectivity index (χ3n) is 6.87. The van der Waals surface area contributed by atoms with Crippen LogP contribution in [0.25, 0.3) is 0 Å². The zero-order valence-corrected chi connectivity index (χ0v) is 35.0. The summed E-state index contributed by atoms with van der Waals surface area (Å²) >= 11 is 23.2. The van der Waals surface area contributed by atoms with Gasteiger partial charge in [-0.25, -0.2) is 0 Å². The fraction of sp³-hybridized carbons (Fsp3) is 0.421. The van der Waals surface area contributed by atoms with Gasteiger partial charge in [0, 0.05) is 22.6 Å². The van der Waals surface area contributed by atoms with E-state index in [1.54, 1.807) is 70.5 Å². The molecular formula is C38H49Cl4O8P. The number of carbonyl (C=O) groups excluding carboxylic acids is 4. The molecule has 0 spiro atoms. The Labute approximate surface area is 322 Å².